The maximum atomic E-state index is 12.0. The van der Waals surface area contributed by atoms with Crippen LogP contribution in [-0.2, 0) is 20.9 Å². The average molecular weight is 503 g/mol. The van der Waals surface area contributed by atoms with Gasteiger partial charge >= 0.3 is 5.97 Å². The van der Waals surface area contributed by atoms with Crippen molar-refractivity contribution in [2.45, 2.75) is 33.3 Å². The Kier molecular flexibility index (Phi) is 12.1. The molecule has 7 heteroatoms. The molecule has 1 aromatic rings. The summed E-state index contributed by atoms with van der Waals surface area (Å²) in [6.07, 6.45) is 1.86. The number of carbonyl (C=O) groups is 1. The Balaban J connectivity index is 0.00000392. The molecule has 0 aromatic heterocycles. The zero-order chi connectivity index (χ0) is 19.5. The molecule has 0 spiro atoms. The van der Waals surface area contributed by atoms with E-state index < -0.39 is 0 Å². The summed E-state index contributed by atoms with van der Waals surface area (Å²) in [7, 11) is 1.78. The number of nitrogens with zero attached hydrogens (tertiary/aromatic N) is 2. The lowest BCUT2D eigenvalue weighted by molar-refractivity contribution is -0.149. The first-order chi connectivity index (χ1) is 13.1. The summed E-state index contributed by atoms with van der Waals surface area (Å²) >= 11 is 0. The van der Waals surface area contributed by atoms with Gasteiger partial charge in [0.2, 0.25) is 0 Å². The van der Waals surface area contributed by atoms with Gasteiger partial charge in [-0.15, -0.1) is 24.0 Å². The van der Waals surface area contributed by atoms with Gasteiger partial charge in [-0.25, -0.2) is 0 Å². The van der Waals surface area contributed by atoms with Crippen molar-refractivity contribution < 1.29 is 14.3 Å². The van der Waals surface area contributed by atoms with E-state index in [1.54, 1.807) is 7.05 Å². The number of halogens is 1. The number of carbonyl (C=O) groups excluding carboxylic acids is 1. The molecule has 1 N–H and O–H groups in total. The van der Waals surface area contributed by atoms with Crippen LogP contribution >= 0.6 is 24.0 Å². The highest BCUT2D eigenvalue weighted by molar-refractivity contribution is 14.0. The third kappa shape index (κ3) is 8.34. The highest BCUT2D eigenvalue weighted by Crippen LogP contribution is 2.18. The minimum absolute atomic E-state index is 0. The van der Waals surface area contributed by atoms with Crippen LogP contribution in [0.3, 0.4) is 0 Å². The lowest BCUT2D eigenvalue weighted by atomic mass is 9.98. The number of nitrogens with one attached hydrogen (secondary N) is 1. The summed E-state index contributed by atoms with van der Waals surface area (Å²) in [6.45, 7) is 8.11. The highest BCUT2D eigenvalue weighted by atomic mass is 127. The molecular formula is C21H34IN3O3. The van der Waals surface area contributed by atoms with Gasteiger partial charge in [0.15, 0.2) is 5.96 Å². The Labute approximate surface area is 186 Å². The zero-order valence-corrected chi connectivity index (χ0v) is 19.6. The fourth-order valence-corrected chi connectivity index (χ4v) is 3.23. The minimum atomic E-state index is -0.0969. The van der Waals surface area contributed by atoms with E-state index in [4.69, 9.17) is 9.47 Å². The molecule has 28 heavy (non-hydrogen) atoms. The standard InChI is InChI=1S/C21H33N3O3.HI/c1-4-27-20(25)19-11-8-12-24(14-19)21(22-3)23-13-17(2)15-26-16-18-9-6-5-7-10-18;/h5-7,9-10,17,19H,4,8,11-16H2,1-3H3,(H,22,23);1H. The van der Waals surface area contributed by atoms with E-state index in [0.717, 1.165) is 31.9 Å². The average Bonchev–Trinajstić information content (AvgIpc) is 2.70. The number of ether oxygens (including phenoxy) is 2. The SMILES string of the molecule is CCOC(=O)C1CCCN(C(=NC)NCC(C)COCc2ccccc2)C1.I. The van der Waals surface area contributed by atoms with E-state index in [1.807, 2.05) is 25.1 Å². The molecule has 0 aliphatic carbocycles. The molecular weight excluding hydrogens is 469 g/mol. The first kappa shape index (κ1) is 24.7. The third-order valence-electron chi connectivity index (χ3n) is 4.68. The van der Waals surface area contributed by atoms with Gasteiger partial charge in [0.05, 0.1) is 25.7 Å². The molecule has 0 radical (unpaired) electrons. The maximum absolute atomic E-state index is 12.0. The summed E-state index contributed by atoms with van der Waals surface area (Å²) < 4.78 is 11.0. The van der Waals surface area contributed by atoms with Crippen molar-refractivity contribution in [3.63, 3.8) is 0 Å². The number of likely N-dealkylation sites (tertiary alicyclic amines) is 1. The summed E-state index contributed by atoms with van der Waals surface area (Å²) in [4.78, 5) is 18.6. The molecule has 1 heterocycles. The van der Waals surface area contributed by atoms with Crippen LogP contribution < -0.4 is 5.32 Å². The largest absolute Gasteiger partial charge is 0.466 e. The molecule has 1 aromatic carbocycles. The Morgan fingerprint density at radius 3 is 2.79 bits per heavy atom. The molecule has 1 saturated heterocycles. The van der Waals surface area contributed by atoms with Crippen LogP contribution in [-0.4, -0.2) is 56.7 Å². The molecule has 6 nitrogen and oxygen atoms in total. The monoisotopic (exact) mass is 503 g/mol. The number of benzene rings is 1. The van der Waals surface area contributed by atoms with Crippen molar-refractivity contribution in [3.8, 4) is 0 Å². The van der Waals surface area contributed by atoms with Crippen molar-refractivity contribution >= 4 is 35.9 Å². The van der Waals surface area contributed by atoms with Crippen molar-refractivity contribution in [2.75, 3.05) is 39.9 Å². The van der Waals surface area contributed by atoms with Crippen LogP contribution in [0.4, 0.5) is 0 Å². The summed E-state index contributed by atoms with van der Waals surface area (Å²) in [6, 6.07) is 10.2. The number of hydrogen-bond donors (Lipinski definition) is 1. The first-order valence-electron chi connectivity index (χ1n) is 9.88. The van der Waals surface area contributed by atoms with Crippen molar-refractivity contribution in [1.29, 1.82) is 0 Å². The zero-order valence-electron chi connectivity index (χ0n) is 17.2. The fourth-order valence-electron chi connectivity index (χ4n) is 3.23. The summed E-state index contributed by atoms with van der Waals surface area (Å²) in [5.74, 6) is 1.04. The second-order valence-electron chi connectivity index (χ2n) is 7.07. The number of esters is 1. The molecule has 2 atom stereocenters. The Morgan fingerprint density at radius 2 is 2.11 bits per heavy atom. The van der Waals surface area contributed by atoms with Crippen molar-refractivity contribution in [3.05, 3.63) is 35.9 Å². The van der Waals surface area contributed by atoms with Crippen LogP contribution in [0.1, 0.15) is 32.3 Å². The van der Waals surface area contributed by atoms with E-state index in [1.165, 1.54) is 5.56 Å². The van der Waals surface area contributed by atoms with Gasteiger partial charge in [-0.05, 0) is 31.2 Å². The summed E-state index contributed by atoms with van der Waals surface area (Å²) in [5, 5.41) is 3.42. The van der Waals surface area contributed by atoms with Gasteiger partial charge in [0.25, 0.3) is 0 Å². The topological polar surface area (TPSA) is 63.2 Å². The number of guanidine groups is 1. The third-order valence-corrected chi connectivity index (χ3v) is 4.68. The maximum Gasteiger partial charge on any atom is 0.310 e. The van der Waals surface area contributed by atoms with Crippen LogP contribution in [0.25, 0.3) is 0 Å². The predicted molar refractivity (Wildman–Crippen MR) is 123 cm³/mol. The first-order valence-corrected chi connectivity index (χ1v) is 9.88. The van der Waals surface area contributed by atoms with Gasteiger partial charge < -0.3 is 19.7 Å². The molecule has 158 valence electrons. The predicted octanol–water partition coefficient (Wildman–Crippen LogP) is 3.31. The van der Waals surface area contributed by atoms with E-state index in [2.05, 4.69) is 34.3 Å². The Morgan fingerprint density at radius 1 is 1.36 bits per heavy atom. The van der Waals surface area contributed by atoms with Crippen molar-refractivity contribution in [1.82, 2.24) is 10.2 Å². The molecule has 1 fully saturated rings. The second-order valence-corrected chi connectivity index (χ2v) is 7.07. The number of piperidine rings is 1. The van der Waals surface area contributed by atoms with E-state index >= 15 is 0 Å². The van der Waals surface area contributed by atoms with Gasteiger partial charge in [0, 0.05) is 26.7 Å². The smallest absolute Gasteiger partial charge is 0.310 e. The molecule has 0 saturated carbocycles. The van der Waals surface area contributed by atoms with Gasteiger partial charge in [-0.3, -0.25) is 9.79 Å². The molecule has 2 unspecified atom stereocenters. The van der Waals surface area contributed by atoms with Crippen LogP contribution in [0.2, 0.25) is 0 Å². The van der Waals surface area contributed by atoms with Gasteiger partial charge in [0.1, 0.15) is 0 Å². The van der Waals surface area contributed by atoms with Crippen LogP contribution in [0, 0.1) is 11.8 Å². The minimum Gasteiger partial charge on any atom is -0.466 e. The van der Waals surface area contributed by atoms with Crippen LogP contribution in [0.15, 0.2) is 35.3 Å². The molecule has 0 amide bonds. The molecule has 2 rings (SSSR count). The van der Waals surface area contributed by atoms with E-state index in [-0.39, 0.29) is 35.9 Å². The number of aliphatic imine (C=N–C) groups is 1. The molecule has 1 aliphatic rings. The van der Waals surface area contributed by atoms with Crippen LogP contribution in [0.5, 0.6) is 0 Å². The number of hydrogen-bond acceptors (Lipinski definition) is 4. The molecule has 0 bridgehead atoms. The van der Waals surface area contributed by atoms with Crippen molar-refractivity contribution in [2.24, 2.45) is 16.8 Å². The lowest BCUT2D eigenvalue weighted by Crippen LogP contribution is -2.49. The summed E-state index contributed by atoms with van der Waals surface area (Å²) in [5.41, 5.74) is 1.19. The van der Waals surface area contributed by atoms with E-state index in [0.29, 0.717) is 32.3 Å². The second kappa shape index (κ2) is 13.8. The number of rotatable bonds is 8. The normalized spacial score (nSPS) is 18.2. The Bertz CT molecular complexity index is 598. The lowest BCUT2D eigenvalue weighted by Gasteiger charge is -2.34. The Hall–Kier alpha value is -1.35. The molecule has 1 aliphatic heterocycles. The highest BCUT2D eigenvalue weighted by Gasteiger charge is 2.28. The fraction of sp³-hybridized carbons (Fsp3) is 0.619. The quantitative estimate of drug-likeness (QED) is 0.255. The van der Waals surface area contributed by atoms with E-state index in [9.17, 15) is 4.79 Å². The van der Waals surface area contributed by atoms with Gasteiger partial charge in [-0.1, -0.05) is 37.3 Å². The van der Waals surface area contributed by atoms with Gasteiger partial charge in [-0.2, -0.15) is 0 Å².